The molecule has 0 unspecified atom stereocenters. The van der Waals surface area contributed by atoms with E-state index in [9.17, 15) is 0 Å². The van der Waals surface area contributed by atoms with Crippen LogP contribution in [-0.4, -0.2) is 10.9 Å². The van der Waals surface area contributed by atoms with Crippen LogP contribution in [0, 0.1) is 11.8 Å². The van der Waals surface area contributed by atoms with Crippen molar-refractivity contribution >= 4 is 22.5 Å². The molecule has 0 aliphatic heterocycles. The van der Waals surface area contributed by atoms with Crippen molar-refractivity contribution in [3.63, 3.8) is 0 Å². The fraction of sp³-hybridized carbons (Fsp3) is 0.0833. The lowest BCUT2D eigenvalue weighted by atomic mass is 10.1. The normalized spacial score (nSPS) is 9.50. The molecule has 0 atom stereocenters. The van der Waals surface area contributed by atoms with Crippen LogP contribution in [0.15, 0.2) is 36.5 Å². The molecule has 0 radical (unpaired) electrons. The Morgan fingerprint density at radius 2 is 2.14 bits per heavy atom. The van der Waals surface area contributed by atoms with Gasteiger partial charge in [0.05, 0.1) is 11.4 Å². The molecule has 1 nitrogen and oxygen atoms in total. The van der Waals surface area contributed by atoms with Crippen molar-refractivity contribution in [2.45, 2.75) is 0 Å². The summed E-state index contributed by atoms with van der Waals surface area (Å²) < 4.78 is 0. The highest BCUT2D eigenvalue weighted by atomic mass is 35.5. The molecule has 2 aromatic rings. The number of pyridine rings is 1. The summed E-state index contributed by atoms with van der Waals surface area (Å²) in [5.41, 5.74) is 1.95. The summed E-state index contributed by atoms with van der Waals surface area (Å²) in [5.74, 6) is 6.22. The standard InChI is InChI=1S/C12H8ClN/c13-8-2-5-10-4-1-7-12-11(10)6-3-9-14-12/h1,3-4,6-7,9H,8H2. The Hall–Kier alpha value is -1.52. The molecule has 2 heteroatoms. The van der Waals surface area contributed by atoms with E-state index < -0.39 is 0 Å². The molecule has 1 aromatic carbocycles. The van der Waals surface area contributed by atoms with Gasteiger partial charge in [0, 0.05) is 17.1 Å². The highest BCUT2D eigenvalue weighted by molar-refractivity contribution is 6.19. The van der Waals surface area contributed by atoms with Gasteiger partial charge < -0.3 is 0 Å². The van der Waals surface area contributed by atoms with Gasteiger partial charge in [-0.25, -0.2) is 0 Å². The SMILES string of the molecule is ClCC#Cc1cccc2ncccc12. The fourth-order valence-electron chi connectivity index (χ4n) is 1.34. The van der Waals surface area contributed by atoms with E-state index in [1.54, 1.807) is 6.20 Å². The molecule has 0 N–H and O–H groups in total. The number of nitrogens with zero attached hydrogens (tertiary/aromatic N) is 1. The van der Waals surface area contributed by atoms with Gasteiger partial charge in [0.1, 0.15) is 0 Å². The molecule has 0 spiro atoms. The van der Waals surface area contributed by atoms with Crippen LogP contribution < -0.4 is 0 Å². The Labute approximate surface area is 87.7 Å². The summed E-state index contributed by atoms with van der Waals surface area (Å²) >= 11 is 5.51. The maximum Gasteiger partial charge on any atom is 0.0839 e. The first-order chi connectivity index (χ1) is 6.92. The first kappa shape index (κ1) is 9.05. The number of hydrogen-bond donors (Lipinski definition) is 0. The van der Waals surface area contributed by atoms with Crippen molar-refractivity contribution in [1.29, 1.82) is 0 Å². The molecule has 0 bridgehead atoms. The molecular weight excluding hydrogens is 194 g/mol. The average Bonchev–Trinajstić information content (AvgIpc) is 2.26. The van der Waals surface area contributed by atoms with E-state index in [0.29, 0.717) is 5.88 Å². The van der Waals surface area contributed by atoms with Crippen LogP contribution in [0.4, 0.5) is 0 Å². The number of fused-ring (bicyclic) bond motifs is 1. The zero-order valence-electron chi connectivity index (χ0n) is 7.50. The lowest BCUT2D eigenvalue weighted by molar-refractivity contribution is 1.41. The van der Waals surface area contributed by atoms with Crippen LogP contribution in [0.25, 0.3) is 10.9 Å². The molecule has 0 aliphatic carbocycles. The van der Waals surface area contributed by atoms with Crippen molar-refractivity contribution in [1.82, 2.24) is 4.98 Å². The van der Waals surface area contributed by atoms with Crippen molar-refractivity contribution in [2.75, 3.05) is 5.88 Å². The van der Waals surface area contributed by atoms with Gasteiger partial charge in [-0.1, -0.05) is 24.0 Å². The summed E-state index contributed by atoms with van der Waals surface area (Å²) in [6.45, 7) is 0. The molecule has 1 aromatic heterocycles. The van der Waals surface area contributed by atoms with Crippen molar-refractivity contribution in [3.8, 4) is 11.8 Å². The van der Waals surface area contributed by atoms with Gasteiger partial charge in [0.25, 0.3) is 0 Å². The molecular formula is C12H8ClN. The van der Waals surface area contributed by atoms with Crippen molar-refractivity contribution < 1.29 is 0 Å². The van der Waals surface area contributed by atoms with E-state index in [1.807, 2.05) is 30.3 Å². The second-order valence-corrected chi connectivity index (χ2v) is 3.08. The molecule has 0 fully saturated rings. The monoisotopic (exact) mass is 201 g/mol. The largest absolute Gasteiger partial charge is 0.256 e. The van der Waals surface area contributed by atoms with Gasteiger partial charge in [-0.3, -0.25) is 4.98 Å². The zero-order valence-corrected chi connectivity index (χ0v) is 8.25. The number of aromatic nitrogens is 1. The molecule has 2 rings (SSSR count). The lowest BCUT2D eigenvalue weighted by Crippen LogP contribution is -1.81. The van der Waals surface area contributed by atoms with Gasteiger partial charge in [0.2, 0.25) is 0 Å². The van der Waals surface area contributed by atoms with Gasteiger partial charge in [0.15, 0.2) is 0 Å². The predicted molar refractivity (Wildman–Crippen MR) is 59.3 cm³/mol. The van der Waals surface area contributed by atoms with Crippen LogP contribution in [-0.2, 0) is 0 Å². The van der Waals surface area contributed by atoms with Crippen molar-refractivity contribution in [3.05, 3.63) is 42.1 Å². The molecule has 68 valence electrons. The Morgan fingerprint density at radius 3 is 3.00 bits per heavy atom. The zero-order chi connectivity index (χ0) is 9.80. The topological polar surface area (TPSA) is 12.9 Å². The fourth-order valence-corrected chi connectivity index (χ4v) is 1.41. The van der Waals surface area contributed by atoms with Gasteiger partial charge in [-0.15, -0.1) is 11.6 Å². The van der Waals surface area contributed by atoms with E-state index in [4.69, 9.17) is 11.6 Å². The molecule has 0 saturated carbocycles. The lowest BCUT2D eigenvalue weighted by Gasteiger charge is -1.97. The number of hydrogen-bond acceptors (Lipinski definition) is 1. The molecule has 0 aliphatic rings. The van der Waals surface area contributed by atoms with E-state index in [2.05, 4.69) is 16.8 Å². The van der Waals surface area contributed by atoms with Gasteiger partial charge in [-0.2, -0.15) is 0 Å². The van der Waals surface area contributed by atoms with Gasteiger partial charge >= 0.3 is 0 Å². The first-order valence-electron chi connectivity index (χ1n) is 4.30. The number of halogens is 1. The second kappa shape index (κ2) is 4.13. The minimum atomic E-state index is 0.358. The van der Waals surface area contributed by atoms with Crippen LogP contribution in [0.1, 0.15) is 5.56 Å². The Bertz CT molecular complexity index is 503. The first-order valence-corrected chi connectivity index (χ1v) is 4.84. The average molecular weight is 202 g/mol. The third kappa shape index (κ3) is 1.71. The van der Waals surface area contributed by atoms with E-state index in [-0.39, 0.29) is 0 Å². The van der Waals surface area contributed by atoms with E-state index in [0.717, 1.165) is 16.5 Å². The Morgan fingerprint density at radius 1 is 1.21 bits per heavy atom. The summed E-state index contributed by atoms with van der Waals surface area (Å²) in [6.07, 6.45) is 1.78. The third-order valence-corrected chi connectivity index (χ3v) is 2.07. The minimum absolute atomic E-state index is 0.358. The van der Waals surface area contributed by atoms with Crippen LogP contribution in [0.3, 0.4) is 0 Å². The highest BCUT2D eigenvalue weighted by Gasteiger charge is 1.96. The summed E-state index contributed by atoms with van der Waals surface area (Å²) in [7, 11) is 0. The van der Waals surface area contributed by atoms with E-state index >= 15 is 0 Å². The Kier molecular flexibility index (Phi) is 2.67. The Balaban J connectivity index is 2.65. The summed E-state index contributed by atoms with van der Waals surface area (Å²) in [4.78, 5) is 4.25. The third-order valence-electron chi connectivity index (χ3n) is 1.94. The molecule has 0 saturated heterocycles. The molecule has 1 heterocycles. The minimum Gasteiger partial charge on any atom is -0.256 e. The summed E-state index contributed by atoms with van der Waals surface area (Å²) in [5, 5.41) is 1.08. The molecule has 0 amide bonds. The maximum absolute atomic E-state index is 5.51. The second-order valence-electron chi connectivity index (χ2n) is 2.81. The van der Waals surface area contributed by atoms with Crippen molar-refractivity contribution in [2.24, 2.45) is 0 Å². The highest BCUT2D eigenvalue weighted by Crippen LogP contribution is 2.14. The summed E-state index contributed by atoms with van der Waals surface area (Å²) in [6, 6.07) is 9.83. The van der Waals surface area contributed by atoms with E-state index in [1.165, 1.54) is 0 Å². The molecule has 14 heavy (non-hydrogen) atoms. The number of benzene rings is 1. The number of rotatable bonds is 0. The van der Waals surface area contributed by atoms with Crippen LogP contribution >= 0.6 is 11.6 Å². The quantitative estimate of drug-likeness (QED) is 0.472. The smallest absolute Gasteiger partial charge is 0.0839 e. The predicted octanol–water partition coefficient (Wildman–Crippen LogP) is 2.83. The maximum atomic E-state index is 5.51. The van der Waals surface area contributed by atoms with Crippen LogP contribution in [0.5, 0.6) is 0 Å². The number of alkyl halides is 1. The van der Waals surface area contributed by atoms with Crippen LogP contribution in [0.2, 0.25) is 0 Å². The van der Waals surface area contributed by atoms with Gasteiger partial charge in [-0.05, 0) is 18.2 Å².